The van der Waals surface area contributed by atoms with Crippen LogP contribution in [0.4, 0.5) is 4.79 Å². The van der Waals surface area contributed by atoms with Crippen molar-refractivity contribution in [3.05, 3.63) is 0 Å². The Labute approximate surface area is 260 Å². The van der Waals surface area contributed by atoms with E-state index in [0.717, 1.165) is 82.3 Å². The molecule has 0 aromatic rings. The number of rotatable bonds is 21. The molecular formula is C35H59NO7. The summed E-state index contributed by atoms with van der Waals surface area (Å²) >= 11 is 0. The van der Waals surface area contributed by atoms with Gasteiger partial charge in [-0.15, -0.1) is 0 Å². The number of unbranched alkanes of at least 4 members (excludes halogenated alkanes) is 7. The monoisotopic (exact) mass is 605 g/mol. The van der Waals surface area contributed by atoms with Gasteiger partial charge in [0.15, 0.2) is 0 Å². The first kappa shape index (κ1) is 34.1. The third-order valence-electron chi connectivity index (χ3n) is 10.4. The van der Waals surface area contributed by atoms with Crippen LogP contribution in [0.2, 0.25) is 0 Å². The molecule has 4 aliphatic carbocycles. The van der Waals surface area contributed by atoms with E-state index in [9.17, 15) is 14.4 Å². The molecule has 1 heterocycles. The molecule has 5 aliphatic rings. The van der Waals surface area contributed by atoms with Gasteiger partial charge in [0.1, 0.15) is 19.8 Å². The van der Waals surface area contributed by atoms with Gasteiger partial charge in [-0.2, -0.15) is 0 Å². The maximum Gasteiger partial charge on any atom is 0.508 e. The second-order valence-corrected chi connectivity index (χ2v) is 14.4. The SMILES string of the molecule is CCCCCCCCCCC(=O)OCC(COC(=O)CC12CC3CC(CC(C3)C1)C2)COC(=O)OCCCN1CCCC1. The summed E-state index contributed by atoms with van der Waals surface area (Å²) in [6, 6.07) is 0. The molecule has 0 N–H and O–H groups in total. The highest BCUT2D eigenvalue weighted by Gasteiger charge is 2.51. The molecule has 5 fully saturated rings. The first-order valence-electron chi connectivity index (χ1n) is 17.8. The van der Waals surface area contributed by atoms with E-state index in [2.05, 4.69) is 11.8 Å². The third-order valence-corrected chi connectivity index (χ3v) is 10.4. The van der Waals surface area contributed by atoms with Crippen LogP contribution in [0.5, 0.6) is 0 Å². The summed E-state index contributed by atoms with van der Waals surface area (Å²) in [5.74, 6) is 1.49. The van der Waals surface area contributed by atoms with Gasteiger partial charge in [0.05, 0.1) is 18.9 Å². The highest BCUT2D eigenvalue weighted by Crippen LogP contribution is 2.61. The van der Waals surface area contributed by atoms with Gasteiger partial charge in [-0.25, -0.2) is 4.79 Å². The lowest BCUT2D eigenvalue weighted by molar-refractivity contribution is -0.155. The van der Waals surface area contributed by atoms with Crippen molar-refractivity contribution >= 4 is 18.1 Å². The van der Waals surface area contributed by atoms with E-state index in [0.29, 0.717) is 19.4 Å². The molecule has 0 amide bonds. The van der Waals surface area contributed by atoms with E-state index >= 15 is 0 Å². The third kappa shape index (κ3) is 12.2. The molecule has 0 aromatic heterocycles. The Morgan fingerprint density at radius 2 is 1.26 bits per heavy atom. The fraction of sp³-hybridized carbons (Fsp3) is 0.914. The average molecular weight is 606 g/mol. The van der Waals surface area contributed by atoms with Crippen LogP contribution in [-0.4, -0.2) is 69.1 Å². The second-order valence-electron chi connectivity index (χ2n) is 14.4. The number of likely N-dealkylation sites (tertiary alicyclic amines) is 1. The molecular weight excluding hydrogens is 546 g/mol. The van der Waals surface area contributed by atoms with Crippen LogP contribution in [-0.2, 0) is 28.5 Å². The first-order valence-corrected chi connectivity index (χ1v) is 17.8. The van der Waals surface area contributed by atoms with Crippen molar-refractivity contribution in [2.75, 3.05) is 46.1 Å². The smallest absolute Gasteiger partial charge is 0.465 e. The lowest BCUT2D eigenvalue weighted by atomic mass is 9.49. The summed E-state index contributed by atoms with van der Waals surface area (Å²) in [6.07, 6.45) is 20.2. The van der Waals surface area contributed by atoms with Gasteiger partial charge in [0.25, 0.3) is 0 Å². The minimum Gasteiger partial charge on any atom is -0.465 e. The summed E-state index contributed by atoms with van der Waals surface area (Å²) in [6.45, 7) is 5.80. The van der Waals surface area contributed by atoms with Gasteiger partial charge in [0, 0.05) is 13.0 Å². The molecule has 1 aliphatic heterocycles. The van der Waals surface area contributed by atoms with E-state index in [1.54, 1.807) is 0 Å². The predicted octanol–water partition coefficient (Wildman–Crippen LogP) is 7.47. The quantitative estimate of drug-likeness (QED) is 0.0756. The summed E-state index contributed by atoms with van der Waals surface area (Å²) < 4.78 is 21.9. The number of esters is 2. The summed E-state index contributed by atoms with van der Waals surface area (Å²) in [5, 5.41) is 0. The van der Waals surface area contributed by atoms with Gasteiger partial charge < -0.3 is 23.8 Å². The fourth-order valence-corrected chi connectivity index (χ4v) is 8.58. The van der Waals surface area contributed by atoms with Crippen LogP contribution in [0, 0.1) is 29.1 Å². The predicted molar refractivity (Wildman–Crippen MR) is 165 cm³/mol. The zero-order valence-corrected chi connectivity index (χ0v) is 27.0. The molecule has 0 aromatic carbocycles. The number of carbonyl (C=O) groups excluding carboxylic acids is 3. The van der Waals surface area contributed by atoms with E-state index in [1.807, 2.05) is 0 Å². The summed E-state index contributed by atoms with van der Waals surface area (Å²) in [4.78, 5) is 40.1. The van der Waals surface area contributed by atoms with Gasteiger partial charge >= 0.3 is 18.1 Å². The Hall–Kier alpha value is -1.83. The van der Waals surface area contributed by atoms with Crippen molar-refractivity contribution < 1.29 is 33.3 Å². The fourth-order valence-electron chi connectivity index (χ4n) is 8.58. The molecule has 0 radical (unpaired) electrons. The van der Waals surface area contributed by atoms with Crippen molar-refractivity contribution in [3.8, 4) is 0 Å². The maximum atomic E-state index is 13.0. The van der Waals surface area contributed by atoms with Crippen molar-refractivity contribution in [2.45, 2.75) is 129 Å². The normalized spacial score (nSPS) is 26.8. The molecule has 246 valence electrons. The summed E-state index contributed by atoms with van der Waals surface area (Å²) in [7, 11) is 0. The van der Waals surface area contributed by atoms with Crippen molar-refractivity contribution in [1.82, 2.24) is 4.90 Å². The Morgan fingerprint density at radius 1 is 0.698 bits per heavy atom. The van der Waals surface area contributed by atoms with Crippen LogP contribution >= 0.6 is 0 Å². The average Bonchev–Trinajstić information content (AvgIpc) is 3.49. The van der Waals surface area contributed by atoms with Crippen LogP contribution in [0.3, 0.4) is 0 Å². The Balaban J connectivity index is 1.15. The lowest BCUT2D eigenvalue weighted by Gasteiger charge is -2.56. The molecule has 43 heavy (non-hydrogen) atoms. The van der Waals surface area contributed by atoms with E-state index in [1.165, 1.54) is 64.2 Å². The maximum absolute atomic E-state index is 13.0. The lowest BCUT2D eigenvalue weighted by Crippen LogP contribution is -2.47. The largest absolute Gasteiger partial charge is 0.508 e. The molecule has 1 saturated heterocycles. The van der Waals surface area contributed by atoms with E-state index < -0.39 is 12.1 Å². The first-order chi connectivity index (χ1) is 20.9. The highest BCUT2D eigenvalue weighted by atomic mass is 16.7. The van der Waals surface area contributed by atoms with Crippen LogP contribution < -0.4 is 0 Å². The second kappa shape index (κ2) is 18.2. The minimum atomic E-state index is -0.725. The van der Waals surface area contributed by atoms with E-state index in [4.69, 9.17) is 18.9 Å². The van der Waals surface area contributed by atoms with Gasteiger partial charge in [-0.3, -0.25) is 9.59 Å². The minimum absolute atomic E-state index is 0.0133. The standard InChI is InChI=1S/C35H59NO7/c1-2-3-4-5-6-7-8-9-13-32(37)41-25-31(27-43-34(39)40-17-12-16-36-14-10-11-15-36)26-42-33(38)24-35-21-28-18-29(22-35)20-30(19-28)23-35/h28-31H,2-27H2,1H3. The molecule has 0 spiro atoms. The van der Waals surface area contributed by atoms with Crippen molar-refractivity contribution in [1.29, 1.82) is 0 Å². The number of hydrogen-bond donors (Lipinski definition) is 0. The van der Waals surface area contributed by atoms with Gasteiger partial charge in [-0.1, -0.05) is 51.9 Å². The molecule has 1 atom stereocenters. The topological polar surface area (TPSA) is 91.4 Å². The van der Waals surface area contributed by atoms with Crippen molar-refractivity contribution in [2.24, 2.45) is 29.1 Å². The molecule has 4 saturated carbocycles. The summed E-state index contributed by atoms with van der Waals surface area (Å²) in [5.41, 5.74) is 0.110. The molecule has 4 bridgehead atoms. The molecule has 5 rings (SSSR count). The molecule has 1 unspecified atom stereocenters. The highest BCUT2D eigenvalue weighted by molar-refractivity contribution is 5.70. The van der Waals surface area contributed by atoms with Gasteiger partial charge in [-0.05, 0) is 100 Å². The van der Waals surface area contributed by atoms with E-state index in [-0.39, 0.29) is 37.2 Å². The Kier molecular flexibility index (Phi) is 14.4. The number of ether oxygens (including phenoxy) is 4. The van der Waals surface area contributed by atoms with Crippen LogP contribution in [0.25, 0.3) is 0 Å². The van der Waals surface area contributed by atoms with Gasteiger partial charge in [0.2, 0.25) is 0 Å². The number of hydrogen-bond acceptors (Lipinski definition) is 8. The molecule has 8 heteroatoms. The van der Waals surface area contributed by atoms with Crippen LogP contribution in [0.15, 0.2) is 0 Å². The van der Waals surface area contributed by atoms with Crippen LogP contribution in [0.1, 0.15) is 129 Å². The van der Waals surface area contributed by atoms with Crippen molar-refractivity contribution in [3.63, 3.8) is 0 Å². The zero-order chi connectivity index (χ0) is 30.3. The molecule has 8 nitrogen and oxygen atoms in total. The number of nitrogens with zero attached hydrogens (tertiary/aromatic N) is 1. The Morgan fingerprint density at radius 3 is 1.88 bits per heavy atom. The number of carbonyl (C=O) groups is 3. The zero-order valence-electron chi connectivity index (χ0n) is 27.0. The Bertz CT molecular complexity index is 820.